The molecule has 0 radical (unpaired) electrons. The number of rotatable bonds is 5. The monoisotopic (exact) mass is 293 g/mol. The smallest absolute Gasteiger partial charge is 0.289 e. The summed E-state index contributed by atoms with van der Waals surface area (Å²) in [4.78, 5) is 14.5. The van der Waals surface area contributed by atoms with E-state index < -0.39 is 0 Å². The minimum absolute atomic E-state index is 0.0236. The van der Waals surface area contributed by atoms with E-state index in [1.165, 1.54) is 0 Å². The number of amides is 1. The molecule has 0 aromatic heterocycles. The summed E-state index contributed by atoms with van der Waals surface area (Å²) in [6, 6.07) is 20.0. The van der Waals surface area contributed by atoms with Gasteiger partial charge in [-0.1, -0.05) is 60.7 Å². The van der Waals surface area contributed by atoms with Crippen LogP contribution in [-0.2, 0) is 16.1 Å². The molecule has 3 heteroatoms. The topological polar surface area (TPSA) is 29.5 Å². The average molecular weight is 293 g/mol. The van der Waals surface area contributed by atoms with Crippen molar-refractivity contribution in [1.29, 1.82) is 0 Å². The van der Waals surface area contributed by atoms with Gasteiger partial charge in [-0.3, -0.25) is 4.79 Å². The third-order valence-electron chi connectivity index (χ3n) is 3.73. The molecule has 1 aliphatic heterocycles. The molecular weight excluding hydrogens is 274 g/mol. The number of carbonyl (C=O) groups excluding carboxylic acids is 1. The van der Waals surface area contributed by atoms with Gasteiger partial charge in [0.2, 0.25) is 0 Å². The van der Waals surface area contributed by atoms with Crippen molar-refractivity contribution in [2.45, 2.75) is 13.5 Å². The van der Waals surface area contributed by atoms with Gasteiger partial charge >= 0.3 is 0 Å². The number of benzene rings is 2. The van der Waals surface area contributed by atoms with Crippen LogP contribution in [0.15, 0.2) is 66.4 Å². The fraction of sp³-hybridized carbons (Fsp3) is 0.211. The summed E-state index contributed by atoms with van der Waals surface area (Å²) >= 11 is 0. The number of carbonyl (C=O) groups is 1. The highest BCUT2D eigenvalue weighted by Crippen LogP contribution is 2.29. The number of nitrogens with zero attached hydrogens (tertiary/aromatic N) is 1. The van der Waals surface area contributed by atoms with Crippen molar-refractivity contribution in [3.05, 3.63) is 77.5 Å². The van der Waals surface area contributed by atoms with E-state index in [-0.39, 0.29) is 5.91 Å². The molecule has 0 bridgehead atoms. The van der Waals surface area contributed by atoms with E-state index in [1.807, 2.05) is 72.5 Å². The van der Waals surface area contributed by atoms with Crippen molar-refractivity contribution >= 4 is 11.5 Å². The lowest BCUT2D eigenvalue weighted by atomic mass is 10.1. The van der Waals surface area contributed by atoms with Crippen molar-refractivity contribution in [1.82, 2.24) is 4.90 Å². The fourth-order valence-electron chi connectivity index (χ4n) is 2.69. The lowest BCUT2D eigenvalue weighted by molar-refractivity contribution is -0.129. The van der Waals surface area contributed by atoms with E-state index in [4.69, 9.17) is 4.74 Å². The molecule has 112 valence electrons. The van der Waals surface area contributed by atoms with Crippen molar-refractivity contribution in [2.24, 2.45) is 0 Å². The average Bonchev–Trinajstić information content (AvgIpc) is 2.87. The van der Waals surface area contributed by atoms with Crippen LogP contribution >= 0.6 is 0 Å². The van der Waals surface area contributed by atoms with Crippen molar-refractivity contribution in [3.8, 4) is 0 Å². The van der Waals surface area contributed by atoms with Gasteiger partial charge in [0.05, 0.1) is 13.2 Å². The Hall–Kier alpha value is -2.55. The molecule has 1 aliphatic rings. The molecule has 3 nitrogen and oxygen atoms in total. The van der Waals surface area contributed by atoms with Crippen LogP contribution in [0.5, 0.6) is 0 Å². The summed E-state index contributed by atoms with van der Waals surface area (Å²) in [6.07, 6.45) is 0. The second-order valence-electron chi connectivity index (χ2n) is 5.25. The van der Waals surface area contributed by atoms with Crippen LogP contribution < -0.4 is 0 Å². The normalized spacial score (nSPS) is 14.6. The van der Waals surface area contributed by atoms with E-state index in [1.54, 1.807) is 0 Å². The molecule has 1 heterocycles. The Labute approximate surface area is 130 Å². The molecule has 0 atom stereocenters. The third kappa shape index (κ3) is 2.89. The Bertz CT molecular complexity index is 677. The zero-order valence-corrected chi connectivity index (χ0v) is 12.7. The Morgan fingerprint density at radius 2 is 1.64 bits per heavy atom. The SMILES string of the molecule is CCOC1=C(c2ccccc2)CN(Cc2ccccc2)C1=O. The summed E-state index contributed by atoms with van der Waals surface area (Å²) in [5, 5.41) is 0. The molecule has 0 spiro atoms. The molecule has 0 saturated carbocycles. The molecule has 1 amide bonds. The van der Waals surface area contributed by atoms with Crippen LogP contribution in [0.3, 0.4) is 0 Å². The maximum absolute atomic E-state index is 12.6. The second-order valence-corrected chi connectivity index (χ2v) is 5.25. The van der Waals surface area contributed by atoms with Crippen molar-refractivity contribution in [2.75, 3.05) is 13.2 Å². The number of ether oxygens (including phenoxy) is 1. The van der Waals surface area contributed by atoms with Gasteiger partial charge in [-0.05, 0) is 18.1 Å². The Balaban J connectivity index is 1.86. The van der Waals surface area contributed by atoms with E-state index >= 15 is 0 Å². The van der Waals surface area contributed by atoms with E-state index in [9.17, 15) is 4.79 Å². The maximum Gasteiger partial charge on any atom is 0.289 e. The van der Waals surface area contributed by atoms with E-state index in [2.05, 4.69) is 0 Å². The van der Waals surface area contributed by atoms with Crippen LogP contribution in [0.4, 0.5) is 0 Å². The van der Waals surface area contributed by atoms with Gasteiger partial charge in [0.1, 0.15) is 0 Å². The molecule has 22 heavy (non-hydrogen) atoms. The largest absolute Gasteiger partial charge is 0.488 e. The zero-order chi connectivity index (χ0) is 15.4. The first-order valence-corrected chi connectivity index (χ1v) is 7.54. The summed E-state index contributed by atoms with van der Waals surface area (Å²) in [6.45, 7) is 3.60. The van der Waals surface area contributed by atoms with Gasteiger partial charge < -0.3 is 9.64 Å². The maximum atomic E-state index is 12.6. The molecule has 2 aromatic rings. The Morgan fingerprint density at radius 1 is 1.00 bits per heavy atom. The minimum Gasteiger partial charge on any atom is -0.488 e. The predicted octanol–water partition coefficient (Wildman–Crippen LogP) is 3.48. The summed E-state index contributed by atoms with van der Waals surface area (Å²) in [5.74, 6) is 0.467. The molecule has 0 saturated heterocycles. The first-order valence-electron chi connectivity index (χ1n) is 7.54. The summed E-state index contributed by atoms with van der Waals surface area (Å²) < 4.78 is 5.64. The fourth-order valence-corrected chi connectivity index (χ4v) is 2.69. The molecule has 0 aliphatic carbocycles. The summed E-state index contributed by atoms with van der Waals surface area (Å²) in [5.41, 5.74) is 3.15. The number of hydrogen-bond acceptors (Lipinski definition) is 2. The highest BCUT2D eigenvalue weighted by molar-refractivity contribution is 6.04. The van der Waals surface area contributed by atoms with Gasteiger partial charge in [-0.25, -0.2) is 0 Å². The summed E-state index contributed by atoms with van der Waals surface area (Å²) in [7, 11) is 0. The first kappa shape index (κ1) is 14.4. The molecular formula is C19H19NO2. The lowest BCUT2D eigenvalue weighted by Gasteiger charge is -2.16. The molecule has 0 fully saturated rings. The Kier molecular flexibility index (Phi) is 4.24. The molecule has 0 N–H and O–H groups in total. The van der Waals surface area contributed by atoms with Gasteiger partial charge in [-0.15, -0.1) is 0 Å². The third-order valence-corrected chi connectivity index (χ3v) is 3.73. The van der Waals surface area contributed by atoms with Crippen LogP contribution in [0.25, 0.3) is 5.57 Å². The van der Waals surface area contributed by atoms with Gasteiger partial charge in [-0.2, -0.15) is 0 Å². The second kappa shape index (κ2) is 6.48. The molecule has 3 rings (SSSR count). The molecule has 2 aromatic carbocycles. The van der Waals surface area contributed by atoms with E-state index in [0.29, 0.717) is 25.5 Å². The van der Waals surface area contributed by atoms with Crippen LogP contribution in [-0.4, -0.2) is 24.0 Å². The highest BCUT2D eigenvalue weighted by Gasteiger charge is 2.32. The first-order chi connectivity index (χ1) is 10.8. The van der Waals surface area contributed by atoms with Crippen molar-refractivity contribution < 1.29 is 9.53 Å². The number of hydrogen-bond donors (Lipinski definition) is 0. The van der Waals surface area contributed by atoms with Gasteiger partial charge in [0, 0.05) is 12.1 Å². The Morgan fingerprint density at radius 3 is 2.27 bits per heavy atom. The van der Waals surface area contributed by atoms with Gasteiger partial charge in [0.15, 0.2) is 5.76 Å². The van der Waals surface area contributed by atoms with Crippen LogP contribution in [0.2, 0.25) is 0 Å². The molecule has 0 unspecified atom stereocenters. The lowest BCUT2D eigenvalue weighted by Crippen LogP contribution is -2.27. The van der Waals surface area contributed by atoms with Crippen LogP contribution in [0.1, 0.15) is 18.1 Å². The van der Waals surface area contributed by atoms with Crippen molar-refractivity contribution in [3.63, 3.8) is 0 Å². The van der Waals surface area contributed by atoms with Gasteiger partial charge in [0.25, 0.3) is 5.91 Å². The predicted molar refractivity (Wildman–Crippen MR) is 86.8 cm³/mol. The highest BCUT2D eigenvalue weighted by atomic mass is 16.5. The quantitative estimate of drug-likeness (QED) is 0.844. The minimum atomic E-state index is -0.0236. The zero-order valence-electron chi connectivity index (χ0n) is 12.7. The van der Waals surface area contributed by atoms with E-state index in [0.717, 1.165) is 16.7 Å². The standard InChI is InChI=1S/C19H19NO2/c1-2-22-18-17(16-11-7-4-8-12-16)14-20(19(18)21)13-15-9-5-3-6-10-15/h3-12H,2,13-14H2,1H3. The van der Waals surface area contributed by atoms with Crippen LogP contribution in [0, 0.1) is 0 Å².